The molecule has 4 heteroatoms. The average Bonchev–Trinajstić information content (AvgIpc) is 2.74. The number of phenolic OH excluding ortho intramolecular Hbond substituents is 2. The monoisotopic (exact) mass is 372 g/mol. The van der Waals surface area contributed by atoms with Crippen molar-refractivity contribution in [2.75, 3.05) is 0 Å². The topological polar surface area (TPSA) is 66.2 Å². The number of benzene rings is 2. The fourth-order valence-corrected chi connectivity index (χ4v) is 3.73. The Morgan fingerprint density at radius 3 is 1.50 bits per heavy atom. The van der Waals surface area contributed by atoms with Crippen LogP contribution in [0, 0.1) is 0 Å². The Morgan fingerprint density at radius 2 is 1.04 bits per heavy atom. The van der Waals surface area contributed by atoms with E-state index in [9.17, 15) is 10.2 Å². The lowest BCUT2D eigenvalue weighted by Gasteiger charge is -2.08. The zero-order valence-corrected chi connectivity index (χ0v) is 15.8. The molecule has 4 rings (SSSR count). The maximum Gasteiger partial charge on any atom is 0.144 e. The van der Waals surface area contributed by atoms with Gasteiger partial charge in [-0.05, 0) is 48.9 Å². The van der Waals surface area contributed by atoms with Gasteiger partial charge in [-0.25, -0.2) is 0 Å². The second-order valence-electron chi connectivity index (χ2n) is 7.21. The molecule has 0 atom stereocenters. The van der Waals surface area contributed by atoms with Crippen molar-refractivity contribution in [3.05, 3.63) is 72.1 Å². The molecule has 0 unspecified atom stereocenters. The highest BCUT2D eigenvalue weighted by molar-refractivity contribution is 5.86. The van der Waals surface area contributed by atoms with E-state index in [2.05, 4.69) is 9.97 Å². The number of aromatic hydroxyl groups is 2. The molecule has 0 aliphatic carbocycles. The van der Waals surface area contributed by atoms with Gasteiger partial charge in [0.2, 0.25) is 0 Å². The highest BCUT2D eigenvalue weighted by Gasteiger charge is 2.08. The first-order valence-electron chi connectivity index (χ1n) is 9.85. The van der Waals surface area contributed by atoms with Gasteiger partial charge in [0.1, 0.15) is 22.5 Å². The van der Waals surface area contributed by atoms with Crippen LogP contribution in [0.3, 0.4) is 0 Å². The van der Waals surface area contributed by atoms with Crippen molar-refractivity contribution in [3.63, 3.8) is 0 Å². The molecule has 0 fully saturated rings. The summed E-state index contributed by atoms with van der Waals surface area (Å²) in [5.41, 5.74) is 3.29. The predicted octanol–water partition coefficient (Wildman–Crippen LogP) is 5.54. The predicted molar refractivity (Wildman–Crippen MR) is 113 cm³/mol. The largest absolute Gasteiger partial charge is 0.505 e. The number of fused-ring (bicyclic) bond motifs is 2. The molecule has 28 heavy (non-hydrogen) atoms. The molecule has 2 aromatic heterocycles. The second kappa shape index (κ2) is 8.26. The van der Waals surface area contributed by atoms with E-state index in [-0.39, 0.29) is 0 Å². The van der Waals surface area contributed by atoms with Gasteiger partial charge in [-0.2, -0.15) is 0 Å². The molecular formula is C24H24N2O2. The molecule has 0 saturated heterocycles. The lowest BCUT2D eigenvalue weighted by molar-refractivity contribution is 0.469. The van der Waals surface area contributed by atoms with Gasteiger partial charge in [-0.15, -0.1) is 0 Å². The van der Waals surface area contributed by atoms with Gasteiger partial charge in [0.25, 0.3) is 0 Å². The second-order valence-corrected chi connectivity index (χ2v) is 7.21. The number of aromatic nitrogens is 2. The van der Waals surface area contributed by atoms with Crippen LogP contribution in [0.2, 0.25) is 0 Å². The molecule has 142 valence electrons. The number of hydrogen-bond acceptors (Lipinski definition) is 4. The van der Waals surface area contributed by atoms with Gasteiger partial charge in [-0.3, -0.25) is 9.97 Å². The number of pyridine rings is 2. The third kappa shape index (κ3) is 3.77. The Morgan fingerprint density at radius 1 is 0.571 bits per heavy atom. The maximum absolute atomic E-state index is 10.4. The normalized spacial score (nSPS) is 11.3. The summed E-state index contributed by atoms with van der Waals surface area (Å²) in [5, 5.41) is 22.8. The summed E-state index contributed by atoms with van der Waals surface area (Å²) in [6, 6.07) is 15.7. The minimum absolute atomic E-state index is 0.312. The Hall–Kier alpha value is -3.14. The van der Waals surface area contributed by atoms with Crippen LogP contribution in [0.4, 0.5) is 0 Å². The first-order valence-corrected chi connectivity index (χ1v) is 9.85. The summed E-state index contributed by atoms with van der Waals surface area (Å²) < 4.78 is 0. The zero-order valence-electron chi connectivity index (χ0n) is 15.8. The van der Waals surface area contributed by atoms with Crippen LogP contribution in [0.15, 0.2) is 60.9 Å². The van der Waals surface area contributed by atoms with E-state index in [1.165, 1.54) is 0 Å². The first kappa shape index (κ1) is 18.2. The van der Waals surface area contributed by atoms with Crippen LogP contribution < -0.4 is 0 Å². The Labute approximate surface area is 164 Å². The molecule has 2 heterocycles. The van der Waals surface area contributed by atoms with E-state index in [1.54, 1.807) is 12.4 Å². The lowest BCUT2D eigenvalue weighted by atomic mass is 10.0. The van der Waals surface area contributed by atoms with E-state index in [1.807, 2.05) is 48.5 Å². The minimum atomic E-state index is 0.312. The summed E-state index contributed by atoms with van der Waals surface area (Å²) >= 11 is 0. The van der Waals surface area contributed by atoms with Gasteiger partial charge < -0.3 is 10.2 Å². The van der Waals surface area contributed by atoms with Gasteiger partial charge in [0.05, 0.1) is 0 Å². The molecule has 2 aromatic carbocycles. The van der Waals surface area contributed by atoms with Crippen LogP contribution >= 0.6 is 0 Å². The third-order valence-corrected chi connectivity index (χ3v) is 5.31. The van der Waals surface area contributed by atoms with E-state index < -0.39 is 0 Å². The highest BCUT2D eigenvalue weighted by atomic mass is 16.3. The third-order valence-electron chi connectivity index (χ3n) is 5.31. The minimum Gasteiger partial charge on any atom is -0.505 e. The van der Waals surface area contributed by atoms with E-state index in [0.717, 1.165) is 60.4 Å². The smallest absolute Gasteiger partial charge is 0.144 e. The number of hydrogen-bond donors (Lipinski definition) is 2. The van der Waals surface area contributed by atoms with Crippen LogP contribution in [0.1, 0.15) is 36.8 Å². The molecule has 0 bridgehead atoms. The van der Waals surface area contributed by atoms with Crippen molar-refractivity contribution in [1.82, 2.24) is 9.97 Å². The van der Waals surface area contributed by atoms with E-state index in [4.69, 9.17) is 0 Å². The lowest BCUT2D eigenvalue weighted by Crippen LogP contribution is -1.92. The Balaban J connectivity index is 1.28. The summed E-state index contributed by atoms with van der Waals surface area (Å²) in [4.78, 5) is 8.57. The number of nitrogens with zero attached hydrogens (tertiary/aromatic N) is 2. The van der Waals surface area contributed by atoms with Gasteiger partial charge in [0, 0.05) is 23.2 Å². The molecule has 2 N–H and O–H groups in total. The van der Waals surface area contributed by atoms with Crippen molar-refractivity contribution in [1.29, 1.82) is 0 Å². The van der Waals surface area contributed by atoms with Crippen LogP contribution in [0.5, 0.6) is 11.5 Å². The molecule has 0 spiro atoms. The molecule has 0 amide bonds. The highest BCUT2D eigenvalue weighted by Crippen LogP contribution is 2.29. The summed E-state index contributed by atoms with van der Waals surface area (Å²) in [6.45, 7) is 0. The number of unbranched alkanes of at least 4 members (excludes halogenated alkanes) is 3. The number of rotatable bonds is 7. The van der Waals surface area contributed by atoms with Crippen LogP contribution in [-0.2, 0) is 12.8 Å². The Bertz CT molecular complexity index is 1020. The molecule has 4 aromatic rings. The number of phenols is 2. The molecular weight excluding hydrogens is 348 g/mol. The van der Waals surface area contributed by atoms with E-state index >= 15 is 0 Å². The van der Waals surface area contributed by atoms with Crippen molar-refractivity contribution in [2.24, 2.45) is 0 Å². The molecule has 0 saturated carbocycles. The zero-order chi connectivity index (χ0) is 19.3. The maximum atomic E-state index is 10.4. The van der Waals surface area contributed by atoms with Gasteiger partial charge in [0.15, 0.2) is 0 Å². The quantitative estimate of drug-likeness (QED) is 0.418. The molecule has 0 aliphatic heterocycles. The van der Waals surface area contributed by atoms with Crippen LogP contribution in [-0.4, -0.2) is 20.2 Å². The Kier molecular flexibility index (Phi) is 5.38. The summed E-state index contributed by atoms with van der Waals surface area (Å²) in [7, 11) is 0. The van der Waals surface area contributed by atoms with Crippen molar-refractivity contribution < 1.29 is 10.2 Å². The average molecular weight is 372 g/mol. The van der Waals surface area contributed by atoms with Gasteiger partial charge >= 0.3 is 0 Å². The van der Waals surface area contributed by atoms with Crippen molar-refractivity contribution in [2.45, 2.75) is 38.5 Å². The number of aryl methyl sites for hydroxylation is 2. The SMILES string of the molecule is Oc1c(CCCCCCc2ccc3cccnc3c2O)ccc2cccnc12. The molecule has 0 aliphatic rings. The van der Waals surface area contributed by atoms with Gasteiger partial charge in [-0.1, -0.05) is 49.2 Å². The van der Waals surface area contributed by atoms with Crippen LogP contribution in [0.25, 0.3) is 21.8 Å². The fraction of sp³-hybridized carbons (Fsp3) is 0.250. The van der Waals surface area contributed by atoms with Crippen molar-refractivity contribution >= 4 is 21.8 Å². The summed E-state index contributed by atoms with van der Waals surface area (Å²) in [5.74, 6) is 0.623. The fourth-order valence-electron chi connectivity index (χ4n) is 3.73. The summed E-state index contributed by atoms with van der Waals surface area (Å²) in [6.07, 6.45) is 9.35. The first-order chi connectivity index (χ1) is 13.7. The molecule has 4 nitrogen and oxygen atoms in total. The van der Waals surface area contributed by atoms with E-state index in [0.29, 0.717) is 22.5 Å². The molecule has 0 radical (unpaired) electrons. The standard InChI is InChI=1S/C24H24N2O2/c27-23-19(13-11-17-9-5-15-25-21(17)23)7-3-1-2-4-8-20-14-12-18-10-6-16-26-22(18)24(20)28/h5-6,9-16,27-28H,1-4,7-8H2. The van der Waals surface area contributed by atoms with Crippen molar-refractivity contribution in [3.8, 4) is 11.5 Å².